The minimum Gasteiger partial charge on any atom is -0.391 e. The van der Waals surface area contributed by atoms with E-state index in [1.54, 1.807) is 0 Å². The molecule has 1 aliphatic heterocycles. The van der Waals surface area contributed by atoms with E-state index >= 15 is 0 Å². The third-order valence-corrected chi connectivity index (χ3v) is 5.76. The molecule has 3 aromatic rings. The first-order valence-electron chi connectivity index (χ1n) is 10.4. The third kappa shape index (κ3) is 4.23. The van der Waals surface area contributed by atoms with Gasteiger partial charge in [-0.3, -0.25) is 0 Å². The molecule has 8 heteroatoms. The molecule has 1 aliphatic rings. The van der Waals surface area contributed by atoms with Gasteiger partial charge in [-0.25, -0.2) is 4.98 Å². The molecule has 4 N–H and O–H groups in total. The monoisotopic (exact) mass is 397 g/mol. The van der Waals surface area contributed by atoms with Crippen molar-refractivity contribution in [3.8, 4) is 0 Å². The van der Waals surface area contributed by atoms with Crippen LogP contribution in [-0.4, -0.2) is 50.0 Å². The topological polar surface area (TPSA) is 91.4 Å². The molecule has 0 radical (unpaired) electrons. The van der Waals surface area contributed by atoms with Crippen LogP contribution in [0.25, 0.3) is 5.65 Å². The first kappa shape index (κ1) is 19.7. The fourth-order valence-electron chi connectivity index (χ4n) is 3.84. The third-order valence-electron chi connectivity index (χ3n) is 5.76. The zero-order valence-corrected chi connectivity index (χ0v) is 17.4. The number of β-amino-alcohol motifs (C(OH)–C–C–N with tert-alkyl or cyclic N) is 1. The van der Waals surface area contributed by atoms with E-state index in [1.165, 1.54) is 5.69 Å². The first-order valence-corrected chi connectivity index (χ1v) is 10.4. The summed E-state index contributed by atoms with van der Waals surface area (Å²) >= 11 is 0. The number of hydrogen-bond acceptors (Lipinski definition) is 6. The van der Waals surface area contributed by atoms with E-state index in [1.807, 2.05) is 36.1 Å². The van der Waals surface area contributed by atoms with Crippen molar-refractivity contribution in [3.63, 3.8) is 0 Å². The number of hydrogen-bond donors (Lipinski definition) is 4. The average Bonchev–Trinajstić information content (AvgIpc) is 3.31. The van der Waals surface area contributed by atoms with Gasteiger partial charge in [0, 0.05) is 49.6 Å². The Balaban J connectivity index is 1.59. The molecule has 0 saturated carbocycles. The minimum absolute atomic E-state index is 0.225. The van der Waals surface area contributed by atoms with Crippen LogP contribution in [0.1, 0.15) is 37.4 Å². The highest BCUT2D eigenvalue weighted by Crippen LogP contribution is 2.25. The molecule has 0 unspecified atom stereocenters. The van der Waals surface area contributed by atoms with Gasteiger partial charge in [-0.1, -0.05) is 13.8 Å². The highest BCUT2D eigenvalue weighted by Gasteiger charge is 2.23. The van der Waals surface area contributed by atoms with Crippen molar-refractivity contribution >= 4 is 17.3 Å². The van der Waals surface area contributed by atoms with E-state index in [9.17, 15) is 5.11 Å². The zero-order valence-electron chi connectivity index (χ0n) is 17.4. The largest absolute Gasteiger partial charge is 0.391 e. The molecule has 4 heterocycles. The lowest BCUT2D eigenvalue weighted by Gasteiger charge is -2.28. The highest BCUT2D eigenvalue weighted by molar-refractivity contribution is 5.61. The normalized spacial score (nSPS) is 19.8. The predicted octanol–water partition coefficient (Wildman–Crippen LogP) is 2.19. The first-order chi connectivity index (χ1) is 14.0. The van der Waals surface area contributed by atoms with Gasteiger partial charge < -0.3 is 25.6 Å². The molecule has 0 spiro atoms. The Morgan fingerprint density at radius 3 is 2.93 bits per heavy atom. The summed E-state index contributed by atoms with van der Waals surface area (Å²) in [6, 6.07) is 6.15. The second-order valence-corrected chi connectivity index (χ2v) is 8.18. The summed E-state index contributed by atoms with van der Waals surface area (Å²) in [6.45, 7) is 7.31. The smallest absolute Gasteiger partial charge is 0.163 e. The van der Waals surface area contributed by atoms with E-state index in [-0.39, 0.29) is 12.0 Å². The number of aromatic nitrogens is 4. The van der Waals surface area contributed by atoms with Crippen LogP contribution in [0, 0.1) is 5.92 Å². The fourth-order valence-corrected chi connectivity index (χ4v) is 3.84. The molecule has 0 aromatic carbocycles. The van der Waals surface area contributed by atoms with Crippen molar-refractivity contribution in [2.45, 2.75) is 38.8 Å². The van der Waals surface area contributed by atoms with Crippen molar-refractivity contribution in [1.82, 2.24) is 24.5 Å². The van der Waals surface area contributed by atoms with Crippen LogP contribution in [0.3, 0.4) is 0 Å². The molecule has 0 aliphatic carbocycles. The quantitative estimate of drug-likeness (QED) is 0.489. The van der Waals surface area contributed by atoms with Crippen LogP contribution in [0.15, 0.2) is 30.6 Å². The number of nitrogens with one attached hydrogen (secondary N) is 3. The van der Waals surface area contributed by atoms with Crippen LogP contribution in [0.5, 0.6) is 0 Å². The fraction of sp³-hybridized carbons (Fsp3) is 0.524. The summed E-state index contributed by atoms with van der Waals surface area (Å²) in [5, 5.41) is 25.0. The van der Waals surface area contributed by atoms with E-state index in [0.717, 1.165) is 35.8 Å². The van der Waals surface area contributed by atoms with Gasteiger partial charge in [-0.2, -0.15) is 9.61 Å². The maximum absolute atomic E-state index is 10.2. The lowest BCUT2D eigenvalue weighted by atomic mass is 9.95. The average molecular weight is 398 g/mol. The predicted molar refractivity (Wildman–Crippen MR) is 115 cm³/mol. The Kier molecular flexibility index (Phi) is 5.73. The van der Waals surface area contributed by atoms with Crippen LogP contribution < -0.4 is 16.0 Å². The van der Waals surface area contributed by atoms with Crippen molar-refractivity contribution < 1.29 is 5.11 Å². The van der Waals surface area contributed by atoms with Gasteiger partial charge in [-0.05, 0) is 31.0 Å². The van der Waals surface area contributed by atoms with Crippen molar-refractivity contribution in [2.75, 3.05) is 30.3 Å². The molecule has 29 heavy (non-hydrogen) atoms. The number of rotatable bonds is 7. The Hall–Kier alpha value is -2.58. The number of piperidine rings is 1. The number of aliphatic hydroxyl groups is 1. The van der Waals surface area contributed by atoms with Crippen molar-refractivity contribution in [1.29, 1.82) is 0 Å². The Labute approximate surface area is 171 Å². The van der Waals surface area contributed by atoms with E-state index in [2.05, 4.69) is 45.5 Å². The molecule has 3 aromatic heterocycles. The molecule has 2 atom stereocenters. The van der Waals surface area contributed by atoms with E-state index < -0.39 is 0 Å². The molecule has 4 rings (SSSR count). The molecule has 156 valence electrons. The summed E-state index contributed by atoms with van der Waals surface area (Å²) in [4.78, 5) is 4.84. The summed E-state index contributed by atoms with van der Waals surface area (Å²) in [5.74, 6) is 2.27. The van der Waals surface area contributed by atoms with Crippen molar-refractivity contribution in [3.05, 3.63) is 41.9 Å². The molecular formula is C21H31N7O. The van der Waals surface area contributed by atoms with Gasteiger partial charge in [0.2, 0.25) is 0 Å². The van der Waals surface area contributed by atoms with Gasteiger partial charge in [-0.15, -0.1) is 0 Å². The van der Waals surface area contributed by atoms with Gasteiger partial charge in [0.1, 0.15) is 11.6 Å². The van der Waals surface area contributed by atoms with Crippen molar-refractivity contribution in [2.24, 2.45) is 13.0 Å². The van der Waals surface area contributed by atoms with Crippen LogP contribution in [0.2, 0.25) is 0 Å². The molecular weight excluding hydrogens is 366 g/mol. The van der Waals surface area contributed by atoms with Gasteiger partial charge in [0.05, 0.1) is 18.8 Å². The van der Waals surface area contributed by atoms with Gasteiger partial charge in [0.15, 0.2) is 5.65 Å². The summed E-state index contributed by atoms with van der Waals surface area (Å²) in [6.07, 6.45) is 4.58. The van der Waals surface area contributed by atoms with Gasteiger partial charge in [0.25, 0.3) is 0 Å². The number of fused-ring (bicyclic) bond motifs is 1. The van der Waals surface area contributed by atoms with Gasteiger partial charge >= 0.3 is 0 Å². The Bertz CT molecular complexity index is 961. The summed E-state index contributed by atoms with van der Waals surface area (Å²) in [5.41, 5.74) is 3.18. The second kappa shape index (κ2) is 8.42. The number of aliphatic hydroxyl groups excluding tert-OH is 1. The number of anilines is 2. The maximum atomic E-state index is 10.2. The molecule has 1 fully saturated rings. The summed E-state index contributed by atoms with van der Waals surface area (Å²) in [7, 11) is 2.04. The second-order valence-electron chi connectivity index (χ2n) is 8.18. The molecule has 8 nitrogen and oxygen atoms in total. The summed E-state index contributed by atoms with van der Waals surface area (Å²) < 4.78 is 3.98. The van der Waals surface area contributed by atoms with Crippen LogP contribution >= 0.6 is 0 Å². The van der Waals surface area contributed by atoms with E-state index in [0.29, 0.717) is 25.6 Å². The van der Waals surface area contributed by atoms with E-state index in [4.69, 9.17) is 4.98 Å². The minimum atomic E-state index is -0.323. The Morgan fingerprint density at radius 1 is 1.34 bits per heavy atom. The standard InChI is InChI=1S/C21H31N7O/c1-14(2)17-12-25-28-20(24-11-16-5-4-8-27(16)3)9-19(26-21(17)28)23-10-15-6-7-22-13-18(15)29/h4-5,8-9,12,14-15,18,22,24,29H,6-7,10-11,13H2,1-3H3,(H,23,26)/t15-,18+/m1/s1. The molecule has 1 saturated heterocycles. The molecule has 0 amide bonds. The molecule has 0 bridgehead atoms. The SMILES string of the molecule is CC(C)c1cnn2c(NCc3cccn3C)cc(NC[C@H]3CCNC[C@@H]3O)nc12. The maximum Gasteiger partial charge on any atom is 0.163 e. The Morgan fingerprint density at radius 2 is 2.21 bits per heavy atom. The van der Waals surface area contributed by atoms with Crippen LogP contribution in [-0.2, 0) is 13.6 Å². The zero-order chi connectivity index (χ0) is 20.4. The highest BCUT2D eigenvalue weighted by atomic mass is 16.3. The lowest BCUT2D eigenvalue weighted by molar-refractivity contribution is 0.0883. The number of nitrogens with zero attached hydrogens (tertiary/aromatic N) is 4. The number of aryl methyl sites for hydroxylation is 1. The van der Waals surface area contributed by atoms with Crippen LogP contribution in [0.4, 0.5) is 11.6 Å². The lowest BCUT2D eigenvalue weighted by Crippen LogP contribution is -2.43.